The third-order valence-corrected chi connectivity index (χ3v) is 12.1. The average molecular weight is 299 g/mol. The van der Waals surface area contributed by atoms with Crippen LogP contribution in [0.15, 0.2) is 0 Å². The Bertz CT molecular complexity index is 153. The molecular formula is C10H26O2S2Si2. The molecule has 0 amide bonds. The highest BCUT2D eigenvalue weighted by Gasteiger charge is 2.21. The lowest BCUT2D eigenvalue weighted by Crippen LogP contribution is -2.27. The predicted molar refractivity (Wildman–Crippen MR) is 83.8 cm³/mol. The van der Waals surface area contributed by atoms with E-state index in [1.807, 2.05) is 21.6 Å². The van der Waals surface area contributed by atoms with E-state index in [2.05, 4.69) is 40.0 Å². The molecule has 0 aromatic heterocycles. The maximum atomic E-state index is 5.78. The van der Waals surface area contributed by atoms with E-state index in [4.69, 9.17) is 9.47 Å². The SMILES string of the molecule is CCOC(SSC(OCC)[SiH](C)C)[SiH](C)C. The van der Waals surface area contributed by atoms with Gasteiger partial charge in [0.1, 0.15) is 0 Å². The smallest absolute Gasteiger partial charge is 0.0975 e. The third-order valence-electron chi connectivity index (χ3n) is 2.00. The average Bonchev–Trinajstić information content (AvgIpc) is 2.21. The van der Waals surface area contributed by atoms with E-state index in [-0.39, 0.29) is 0 Å². The Balaban J connectivity index is 4.04. The second-order valence-corrected chi connectivity index (χ2v) is 14.0. The molecule has 2 nitrogen and oxygen atoms in total. The molecule has 2 atom stereocenters. The molecule has 0 aliphatic heterocycles. The van der Waals surface area contributed by atoms with Crippen LogP contribution in [0.5, 0.6) is 0 Å². The van der Waals surface area contributed by atoms with Gasteiger partial charge in [-0.2, -0.15) is 0 Å². The van der Waals surface area contributed by atoms with Crippen LogP contribution in [0.1, 0.15) is 13.8 Å². The molecule has 0 aromatic rings. The topological polar surface area (TPSA) is 18.5 Å². The van der Waals surface area contributed by atoms with E-state index < -0.39 is 17.6 Å². The standard InChI is InChI=1S/C10H26O2S2Si2/c1-7-11-9(15(3)4)13-14-10(12-8-2)16(5)6/h9-10,15-16H,7-8H2,1-6H3. The Kier molecular flexibility index (Phi) is 10.7. The molecule has 2 unspecified atom stereocenters. The van der Waals surface area contributed by atoms with Crippen LogP contribution in [0.2, 0.25) is 26.2 Å². The minimum Gasteiger partial charge on any atom is -0.371 e. The zero-order chi connectivity index (χ0) is 12.6. The van der Waals surface area contributed by atoms with Gasteiger partial charge in [-0.25, -0.2) is 0 Å². The van der Waals surface area contributed by atoms with Crippen molar-refractivity contribution in [3.8, 4) is 0 Å². The molecule has 0 fully saturated rings. The van der Waals surface area contributed by atoms with Crippen molar-refractivity contribution in [2.75, 3.05) is 13.2 Å². The van der Waals surface area contributed by atoms with Gasteiger partial charge in [0, 0.05) is 13.2 Å². The maximum Gasteiger partial charge on any atom is 0.0975 e. The van der Waals surface area contributed by atoms with Gasteiger partial charge in [-0.15, -0.1) is 0 Å². The summed E-state index contributed by atoms with van der Waals surface area (Å²) in [4.78, 5) is 0. The van der Waals surface area contributed by atoms with Gasteiger partial charge >= 0.3 is 0 Å². The van der Waals surface area contributed by atoms with Crippen LogP contribution in [0.4, 0.5) is 0 Å². The summed E-state index contributed by atoms with van der Waals surface area (Å²) in [5.41, 5.74) is 0. The zero-order valence-corrected chi connectivity index (χ0v) is 15.3. The van der Waals surface area contributed by atoms with Crippen molar-refractivity contribution in [1.82, 2.24) is 0 Å². The molecule has 98 valence electrons. The van der Waals surface area contributed by atoms with Gasteiger partial charge in [-0.1, -0.05) is 47.8 Å². The van der Waals surface area contributed by atoms with Gasteiger partial charge in [-0.3, -0.25) is 0 Å². The van der Waals surface area contributed by atoms with Crippen LogP contribution in [0.3, 0.4) is 0 Å². The summed E-state index contributed by atoms with van der Waals surface area (Å²) in [5, 5.41) is 0.844. The Morgan fingerprint density at radius 3 is 1.31 bits per heavy atom. The molecule has 0 heterocycles. The summed E-state index contributed by atoms with van der Waals surface area (Å²) in [6.07, 6.45) is 0. The first-order valence-corrected chi connectivity index (χ1v) is 14.3. The second kappa shape index (κ2) is 10.0. The van der Waals surface area contributed by atoms with E-state index in [9.17, 15) is 0 Å². The van der Waals surface area contributed by atoms with Gasteiger partial charge in [-0.05, 0) is 13.8 Å². The number of ether oxygens (including phenoxy) is 2. The Morgan fingerprint density at radius 2 is 1.12 bits per heavy atom. The van der Waals surface area contributed by atoms with E-state index in [1.54, 1.807) is 0 Å². The van der Waals surface area contributed by atoms with Crippen molar-refractivity contribution in [2.45, 2.75) is 50.2 Å². The largest absolute Gasteiger partial charge is 0.371 e. The van der Waals surface area contributed by atoms with Crippen molar-refractivity contribution < 1.29 is 9.47 Å². The normalized spacial score (nSPS) is 15.8. The first-order chi connectivity index (χ1) is 7.52. The maximum absolute atomic E-state index is 5.78. The van der Waals surface area contributed by atoms with Crippen LogP contribution in [-0.4, -0.2) is 40.9 Å². The molecule has 0 spiro atoms. The number of rotatable bonds is 9. The summed E-state index contributed by atoms with van der Waals surface area (Å²) in [7, 11) is 2.33. The molecular weight excluding hydrogens is 272 g/mol. The van der Waals surface area contributed by atoms with Crippen LogP contribution in [0, 0.1) is 0 Å². The van der Waals surface area contributed by atoms with Gasteiger partial charge in [0.25, 0.3) is 0 Å². The summed E-state index contributed by atoms with van der Waals surface area (Å²) in [5.74, 6) is 0. The Labute approximate surface area is 112 Å². The Morgan fingerprint density at radius 1 is 0.812 bits per heavy atom. The molecule has 0 radical (unpaired) electrons. The van der Waals surface area contributed by atoms with Crippen molar-refractivity contribution in [3.05, 3.63) is 0 Å². The molecule has 0 aliphatic carbocycles. The van der Waals surface area contributed by atoms with Gasteiger partial charge in [0.15, 0.2) is 0 Å². The van der Waals surface area contributed by atoms with Crippen molar-refractivity contribution in [2.24, 2.45) is 0 Å². The van der Waals surface area contributed by atoms with E-state index in [0.29, 0.717) is 10.1 Å². The van der Waals surface area contributed by atoms with E-state index in [1.165, 1.54) is 0 Å². The molecule has 0 N–H and O–H groups in total. The zero-order valence-electron chi connectivity index (χ0n) is 11.4. The lowest BCUT2D eigenvalue weighted by atomic mass is 10.9. The number of hydrogen-bond donors (Lipinski definition) is 0. The minimum atomic E-state index is -0.734. The van der Waals surface area contributed by atoms with Gasteiger partial charge < -0.3 is 9.47 Å². The highest BCUT2D eigenvalue weighted by molar-refractivity contribution is 8.77. The fourth-order valence-corrected chi connectivity index (χ4v) is 10.8. The highest BCUT2D eigenvalue weighted by Crippen LogP contribution is 2.34. The molecule has 0 bridgehead atoms. The summed E-state index contributed by atoms with van der Waals surface area (Å²) < 4.78 is 11.6. The molecule has 0 rings (SSSR count). The number of hydrogen-bond acceptors (Lipinski definition) is 4. The summed E-state index contributed by atoms with van der Waals surface area (Å²) >= 11 is 0. The van der Waals surface area contributed by atoms with Crippen molar-refractivity contribution in [1.29, 1.82) is 0 Å². The Hall–Kier alpha value is 1.05. The molecule has 0 saturated heterocycles. The first-order valence-electron chi connectivity index (χ1n) is 6.08. The van der Waals surface area contributed by atoms with Crippen LogP contribution in [0.25, 0.3) is 0 Å². The monoisotopic (exact) mass is 298 g/mol. The van der Waals surface area contributed by atoms with E-state index in [0.717, 1.165) is 13.2 Å². The summed E-state index contributed by atoms with van der Waals surface area (Å²) in [6.45, 7) is 15.2. The fourth-order valence-electron chi connectivity index (χ4n) is 1.10. The lowest BCUT2D eigenvalue weighted by Gasteiger charge is -2.23. The second-order valence-electron chi connectivity index (χ2n) is 4.33. The van der Waals surface area contributed by atoms with E-state index >= 15 is 0 Å². The fraction of sp³-hybridized carbons (Fsp3) is 1.00. The molecule has 16 heavy (non-hydrogen) atoms. The molecule has 0 saturated carbocycles. The van der Waals surface area contributed by atoms with Gasteiger partial charge in [0.2, 0.25) is 0 Å². The first kappa shape index (κ1) is 17.1. The predicted octanol–water partition coefficient (Wildman–Crippen LogP) is 3.14. The quantitative estimate of drug-likeness (QED) is 0.370. The lowest BCUT2D eigenvalue weighted by molar-refractivity contribution is 0.167. The van der Waals surface area contributed by atoms with Crippen molar-refractivity contribution >= 4 is 39.2 Å². The van der Waals surface area contributed by atoms with Crippen LogP contribution in [-0.2, 0) is 9.47 Å². The highest BCUT2D eigenvalue weighted by atomic mass is 33.1. The summed E-state index contributed by atoms with van der Waals surface area (Å²) in [6, 6.07) is 0. The molecule has 6 heteroatoms. The van der Waals surface area contributed by atoms with Gasteiger partial charge in [0.05, 0.1) is 27.7 Å². The molecule has 0 aliphatic rings. The minimum absolute atomic E-state index is 0.422. The third kappa shape index (κ3) is 7.39. The molecule has 0 aromatic carbocycles. The van der Waals surface area contributed by atoms with Crippen LogP contribution < -0.4 is 0 Å². The van der Waals surface area contributed by atoms with Crippen LogP contribution >= 0.6 is 21.6 Å². The van der Waals surface area contributed by atoms with Crippen molar-refractivity contribution in [3.63, 3.8) is 0 Å².